The predicted molar refractivity (Wildman–Crippen MR) is 93.0 cm³/mol. The van der Waals surface area contributed by atoms with Crippen molar-refractivity contribution in [3.63, 3.8) is 0 Å². The van der Waals surface area contributed by atoms with E-state index in [1.54, 1.807) is 11.1 Å². The van der Waals surface area contributed by atoms with Gasteiger partial charge < -0.3 is 10.0 Å². The second-order valence-corrected chi connectivity index (χ2v) is 6.81. The first kappa shape index (κ1) is 15.7. The number of rotatable bonds is 2. The molecule has 7 heteroatoms. The lowest BCUT2D eigenvalue weighted by Crippen LogP contribution is -2.37. The number of aliphatic hydroxyl groups excluding tert-OH is 1. The number of carbonyl (C=O) groups excluding carboxylic acids is 1. The van der Waals surface area contributed by atoms with Gasteiger partial charge in [-0.1, -0.05) is 28.8 Å². The molecule has 0 atom stereocenters. The number of aromatic nitrogens is 2. The van der Waals surface area contributed by atoms with Crippen molar-refractivity contribution in [2.45, 2.75) is 12.8 Å². The molecule has 24 heavy (non-hydrogen) atoms. The van der Waals surface area contributed by atoms with E-state index in [1.807, 2.05) is 12.1 Å². The Morgan fingerprint density at radius 2 is 2.25 bits per heavy atom. The molecular weight excluding hydrogens is 349 g/mol. The van der Waals surface area contributed by atoms with E-state index in [1.165, 1.54) is 5.57 Å². The smallest absolute Gasteiger partial charge is 0.248 e. The van der Waals surface area contributed by atoms with Crippen molar-refractivity contribution in [1.82, 2.24) is 15.1 Å². The van der Waals surface area contributed by atoms with Crippen LogP contribution in [0.25, 0.3) is 16.8 Å². The van der Waals surface area contributed by atoms with E-state index in [2.05, 4.69) is 10.2 Å². The molecule has 2 aliphatic rings. The maximum Gasteiger partial charge on any atom is 0.248 e. The molecule has 1 aliphatic heterocycles. The van der Waals surface area contributed by atoms with Crippen LogP contribution in [0.1, 0.15) is 17.5 Å². The first-order valence-electron chi connectivity index (χ1n) is 7.70. The van der Waals surface area contributed by atoms with Crippen LogP contribution >= 0.6 is 23.2 Å². The molecule has 2 heterocycles. The lowest BCUT2D eigenvalue weighted by Gasteiger charge is -2.28. The summed E-state index contributed by atoms with van der Waals surface area (Å²) in [6, 6.07) is 3.73. The average Bonchev–Trinajstić information content (AvgIpc) is 3.24. The number of carbonyl (C=O) groups is 1. The fourth-order valence-electron chi connectivity index (χ4n) is 3.59. The van der Waals surface area contributed by atoms with Crippen molar-refractivity contribution in [2.24, 2.45) is 0 Å². The van der Waals surface area contributed by atoms with Gasteiger partial charge in [0.05, 0.1) is 15.7 Å². The zero-order valence-corrected chi connectivity index (χ0v) is 14.3. The van der Waals surface area contributed by atoms with E-state index >= 15 is 0 Å². The van der Waals surface area contributed by atoms with Crippen LogP contribution in [0.5, 0.6) is 0 Å². The predicted octanol–water partition coefficient (Wildman–Crippen LogP) is 2.92. The summed E-state index contributed by atoms with van der Waals surface area (Å²) in [6.45, 7) is 0.641. The highest BCUT2D eigenvalue weighted by molar-refractivity contribution is 6.43. The number of aliphatic hydroxyl groups is 1. The molecule has 4 rings (SSSR count). The van der Waals surface area contributed by atoms with Gasteiger partial charge in [0.15, 0.2) is 0 Å². The molecule has 2 N–H and O–H groups in total. The van der Waals surface area contributed by atoms with Crippen molar-refractivity contribution < 1.29 is 9.90 Å². The van der Waals surface area contributed by atoms with E-state index in [0.717, 1.165) is 40.8 Å². The fraction of sp³-hybridized carbons (Fsp3) is 0.294. The van der Waals surface area contributed by atoms with E-state index in [0.29, 0.717) is 23.1 Å². The van der Waals surface area contributed by atoms with Crippen LogP contribution in [0.15, 0.2) is 23.9 Å². The van der Waals surface area contributed by atoms with E-state index in [-0.39, 0.29) is 5.91 Å². The van der Waals surface area contributed by atoms with Crippen LogP contribution < -0.4 is 0 Å². The van der Waals surface area contributed by atoms with Gasteiger partial charge in [0.25, 0.3) is 0 Å². The first-order valence-corrected chi connectivity index (χ1v) is 8.46. The summed E-state index contributed by atoms with van der Waals surface area (Å²) in [5, 5.41) is 17.2. The molecule has 124 valence electrons. The molecule has 5 nitrogen and oxygen atoms in total. The Balaban J connectivity index is 1.86. The van der Waals surface area contributed by atoms with Gasteiger partial charge in [-0.25, -0.2) is 0 Å². The molecular formula is C17H15Cl2N3O2. The third-order valence-corrected chi connectivity index (χ3v) is 5.57. The quantitative estimate of drug-likeness (QED) is 0.861. The highest BCUT2D eigenvalue weighted by atomic mass is 35.5. The van der Waals surface area contributed by atoms with Crippen LogP contribution in [0.3, 0.4) is 0 Å². The minimum Gasteiger partial charge on any atom is -0.387 e. The highest BCUT2D eigenvalue weighted by Crippen LogP contribution is 2.47. The number of fused-ring (bicyclic) bond motifs is 2. The Labute approximate surface area is 148 Å². The van der Waals surface area contributed by atoms with Crippen molar-refractivity contribution in [3.8, 4) is 11.3 Å². The Bertz CT molecular complexity index is 859. The number of H-pyrrole nitrogens is 1. The number of hydrogen-bond acceptors (Lipinski definition) is 3. The minimum atomic E-state index is -0.468. The SMILES string of the molecule is O=C(CO)N1CCC2=C(C1)c1c(-c3ccn[nH]3)cc(Cl)c(Cl)c1C2. The molecule has 1 aromatic carbocycles. The number of amides is 1. The van der Waals surface area contributed by atoms with Crippen LogP contribution in [-0.2, 0) is 11.2 Å². The van der Waals surface area contributed by atoms with Crippen molar-refractivity contribution >= 4 is 34.7 Å². The summed E-state index contributed by atoms with van der Waals surface area (Å²) in [5.41, 5.74) is 6.26. The monoisotopic (exact) mass is 363 g/mol. The fourth-order valence-corrected chi connectivity index (χ4v) is 4.03. The normalized spacial score (nSPS) is 16.4. The number of benzene rings is 1. The molecule has 0 unspecified atom stereocenters. The highest BCUT2D eigenvalue weighted by Gasteiger charge is 2.33. The molecule has 0 radical (unpaired) electrons. The van der Waals surface area contributed by atoms with Gasteiger partial charge >= 0.3 is 0 Å². The topological polar surface area (TPSA) is 69.2 Å². The molecule has 0 fully saturated rings. The van der Waals surface area contributed by atoms with Crippen LogP contribution in [0, 0.1) is 0 Å². The lowest BCUT2D eigenvalue weighted by atomic mass is 9.94. The van der Waals surface area contributed by atoms with Gasteiger partial charge in [-0.05, 0) is 41.7 Å². The van der Waals surface area contributed by atoms with Crippen molar-refractivity contribution in [3.05, 3.63) is 45.1 Å². The zero-order valence-electron chi connectivity index (χ0n) is 12.8. The third-order valence-electron chi connectivity index (χ3n) is 4.75. The molecule has 1 aliphatic carbocycles. The van der Waals surface area contributed by atoms with Gasteiger partial charge in [0.1, 0.15) is 6.61 Å². The second-order valence-electron chi connectivity index (χ2n) is 6.03. The molecule has 0 saturated heterocycles. The Hall–Kier alpha value is -1.82. The molecule has 0 spiro atoms. The van der Waals surface area contributed by atoms with Crippen LogP contribution in [-0.4, -0.2) is 45.8 Å². The Morgan fingerprint density at radius 1 is 1.42 bits per heavy atom. The van der Waals surface area contributed by atoms with Gasteiger partial charge in [-0.3, -0.25) is 9.89 Å². The minimum absolute atomic E-state index is 0.252. The lowest BCUT2D eigenvalue weighted by molar-refractivity contribution is -0.133. The largest absolute Gasteiger partial charge is 0.387 e. The third kappa shape index (κ3) is 2.35. The van der Waals surface area contributed by atoms with Gasteiger partial charge in [0, 0.05) is 24.8 Å². The van der Waals surface area contributed by atoms with E-state index in [9.17, 15) is 4.79 Å². The Morgan fingerprint density at radius 3 is 2.96 bits per heavy atom. The number of nitrogens with zero attached hydrogens (tertiary/aromatic N) is 2. The van der Waals surface area contributed by atoms with Gasteiger partial charge in [-0.15, -0.1) is 0 Å². The molecule has 2 aromatic rings. The summed E-state index contributed by atoms with van der Waals surface area (Å²) in [5.74, 6) is -0.252. The Kier molecular flexibility index (Phi) is 3.87. The van der Waals surface area contributed by atoms with Crippen LogP contribution in [0.2, 0.25) is 10.0 Å². The molecule has 1 aromatic heterocycles. The molecule has 0 saturated carbocycles. The van der Waals surface area contributed by atoms with Crippen molar-refractivity contribution in [2.75, 3.05) is 19.7 Å². The molecule has 1 amide bonds. The summed E-state index contributed by atoms with van der Waals surface area (Å²) >= 11 is 12.8. The van der Waals surface area contributed by atoms with E-state index < -0.39 is 6.61 Å². The standard InChI is InChI=1S/C17H15Cl2N3O2/c18-13-6-10(14-1-3-20-21-14)16-11(17(13)19)5-9-2-4-22(7-12(9)16)15(24)8-23/h1,3,6,23H,2,4-5,7-8H2,(H,20,21). The zero-order chi connectivity index (χ0) is 16.8. The average molecular weight is 364 g/mol. The van der Waals surface area contributed by atoms with Gasteiger partial charge in [-0.2, -0.15) is 5.10 Å². The number of nitrogens with one attached hydrogen (secondary N) is 1. The number of halogens is 2. The second kappa shape index (κ2) is 5.92. The molecule has 0 bridgehead atoms. The van der Waals surface area contributed by atoms with Crippen LogP contribution in [0.4, 0.5) is 0 Å². The summed E-state index contributed by atoms with van der Waals surface area (Å²) in [6.07, 6.45) is 3.23. The summed E-state index contributed by atoms with van der Waals surface area (Å²) < 4.78 is 0. The van der Waals surface area contributed by atoms with Crippen molar-refractivity contribution in [1.29, 1.82) is 0 Å². The summed E-state index contributed by atoms with van der Waals surface area (Å²) in [7, 11) is 0. The first-order chi connectivity index (χ1) is 11.6. The van der Waals surface area contributed by atoms with E-state index in [4.69, 9.17) is 28.3 Å². The number of hydrogen-bond donors (Lipinski definition) is 2. The maximum absolute atomic E-state index is 11.9. The maximum atomic E-state index is 11.9. The van der Waals surface area contributed by atoms with Gasteiger partial charge in [0.2, 0.25) is 5.91 Å². The summed E-state index contributed by atoms with van der Waals surface area (Å²) in [4.78, 5) is 13.6. The number of aromatic amines is 1.